The number of ether oxygens (including phenoxy) is 1. The van der Waals surface area contributed by atoms with E-state index in [1.807, 2.05) is 13.0 Å². The molecule has 0 aliphatic heterocycles. The number of thiocarbonyl (C=S) groups is 1. The fourth-order valence-electron chi connectivity index (χ4n) is 2.87. The molecule has 2 N–H and O–H groups in total. The average Bonchev–Trinajstić information content (AvgIpc) is 2.78. The molecule has 1 saturated carbocycles. The van der Waals surface area contributed by atoms with E-state index in [1.54, 1.807) is 19.1 Å². The Bertz CT molecular complexity index is 552. The molecule has 0 bridgehead atoms. The van der Waals surface area contributed by atoms with E-state index in [1.165, 1.54) is 38.5 Å². The van der Waals surface area contributed by atoms with Gasteiger partial charge in [0, 0.05) is 11.7 Å². The third kappa shape index (κ3) is 5.50. The summed E-state index contributed by atoms with van der Waals surface area (Å²) in [7, 11) is 0. The molecule has 5 heteroatoms. The summed E-state index contributed by atoms with van der Waals surface area (Å²) >= 11 is 5.44. The second-order valence-corrected chi connectivity index (χ2v) is 6.45. The van der Waals surface area contributed by atoms with Crippen LogP contribution in [0.4, 0.5) is 5.69 Å². The highest BCUT2D eigenvalue weighted by molar-refractivity contribution is 7.80. The van der Waals surface area contributed by atoms with Gasteiger partial charge in [-0.2, -0.15) is 0 Å². The number of rotatable bonds is 4. The SMILES string of the molecule is CCOC(=O)c1ccc(C)c(NC(=S)NC2CCCCCC2)c1. The van der Waals surface area contributed by atoms with Crippen LogP contribution in [0.2, 0.25) is 0 Å². The molecule has 1 aliphatic carbocycles. The minimum Gasteiger partial charge on any atom is -0.462 e. The Morgan fingerprint density at radius 2 is 1.96 bits per heavy atom. The van der Waals surface area contributed by atoms with E-state index in [-0.39, 0.29) is 5.97 Å². The summed E-state index contributed by atoms with van der Waals surface area (Å²) in [4.78, 5) is 11.9. The number of carbonyl (C=O) groups excluding carboxylic acids is 1. The molecule has 2 rings (SSSR count). The molecular formula is C18H26N2O2S. The number of nitrogens with one attached hydrogen (secondary N) is 2. The van der Waals surface area contributed by atoms with E-state index < -0.39 is 0 Å². The van der Waals surface area contributed by atoms with Crippen molar-refractivity contribution in [3.05, 3.63) is 29.3 Å². The second-order valence-electron chi connectivity index (χ2n) is 6.04. The van der Waals surface area contributed by atoms with Gasteiger partial charge in [0.2, 0.25) is 0 Å². The lowest BCUT2D eigenvalue weighted by molar-refractivity contribution is 0.0526. The number of benzene rings is 1. The molecule has 1 fully saturated rings. The highest BCUT2D eigenvalue weighted by Gasteiger charge is 2.14. The van der Waals surface area contributed by atoms with Crippen molar-refractivity contribution < 1.29 is 9.53 Å². The van der Waals surface area contributed by atoms with Crippen LogP contribution >= 0.6 is 12.2 Å². The zero-order chi connectivity index (χ0) is 16.7. The molecule has 23 heavy (non-hydrogen) atoms. The summed E-state index contributed by atoms with van der Waals surface area (Å²) in [5.41, 5.74) is 2.43. The molecule has 0 atom stereocenters. The van der Waals surface area contributed by atoms with Gasteiger partial charge in [-0.3, -0.25) is 0 Å². The lowest BCUT2D eigenvalue weighted by Gasteiger charge is -2.20. The minimum absolute atomic E-state index is 0.307. The first kappa shape index (κ1) is 17.7. The van der Waals surface area contributed by atoms with Crippen LogP contribution < -0.4 is 10.6 Å². The Hall–Kier alpha value is -1.62. The molecule has 0 amide bonds. The third-order valence-electron chi connectivity index (χ3n) is 4.19. The van der Waals surface area contributed by atoms with Crippen LogP contribution in [-0.4, -0.2) is 23.7 Å². The van der Waals surface area contributed by atoms with Crippen LogP contribution in [0, 0.1) is 6.92 Å². The number of anilines is 1. The molecule has 1 aromatic rings. The van der Waals surface area contributed by atoms with E-state index >= 15 is 0 Å². The first-order valence-corrected chi connectivity index (χ1v) is 8.86. The van der Waals surface area contributed by atoms with Crippen molar-refractivity contribution in [1.29, 1.82) is 0 Å². The zero-order valence-electron chi connectivity index (χ0n) is 14.0. The Morgan fingerprint density at radius 1 is 1.26 bits per heavy atom. The van der Waals surface area contributed by atoms with Crippen molar-refractivity contribution in [1.82, 2.24) is 5.32 Å². The van der Waals surface area contributed by atoms with Crippen molar-refractivity contribution >= 4 is 29.0 Å². The fraction of sp³-hybridized carbons (Fsp3) is 0.556. The fourth-order valence-corrected chi connectivity index (χ4v) is 3.14. The normalized spacial score (nSPS) is 15.6. The van der Waals surface area contributed by atoms with E-state index in [0.717, 1.165) is 11.3 Å². The van der Waals surface area contributed by atoms with Gasteiger partial charge in [0.25, 0.3) is 0 Å². The van der Waals surface area contributed by atoms with Crippen LogP contribution in [0.3, 0.4) is 0 Å². The van der Waals surface area contributed by atoms with Crippen LogP contribution in [0.15, 0.2) is 18.2 Å². The lowest BCUT2D eigenvalue weighted by Crippen LogP contribution is -2.37. The predicted molar refractivity (Wildman–Crippen MR) is 98.0 cm³/mol. The van der Waals surface area contributed by atoms with Crippen LogP contribution in [0.25, 0.3) is 0 Å². The number of hydrogen-bond donors (Lipinski definition) is 2. The summed E-state index contributed by atoms with van der Waals surface area (Å²) in [6.45, 7) is 4.17. The minimum atomic E-state index is -0.307. The smallest absolute Gasteiger partial charge is 0.338 e. The first-order valence-electron chi connectivity index (χ1n) is 8.45. The Morgan fingerprint density at radius 3 is 2.61 bits per heavy atom. The van der Waals surface area contributed by atoms with Gasteiger partial charge in [0.05, 0.1) is 12.2 Å². The van der Waals surface area contributed by atoms with Crippen LogP contribution in [0.1, 0.15) is 61.4 Å². The van der Waals surface area contributed by atoms with Crippen LogP contribution in [-0.2, 0) is 4.74 Å². The number of aryl methyl sites for hydroxylation is 1. The maximum Gasteiger partial charge on any atom is 0.338 e. The molecule has 0 saturated heterocycles. The predicted octanol–water partition coefficient (Wildman–Crippen LogP) is 4.18. The lowest BCUT2D eigenvalue weighted by atomic mass is 10.1. The second kappa shape index (κ2) is 8.87. The molecule has 4 nitrogen and oxygen atoms in total. The van der Waals surface area contributed by atoms with Crippen molar-refractivity contribution in [2.45, 2.75) is 58.4 Å². The van der Waals surface area contributed by atoms with Crippen molar-refractivity contribution in [3.63, 3.8) is 0 Å². The van der Waals surface area contributed by atoms with Crippen LogP contribution in [0.5, 0.6) is 0 Å². The summed E-state index contributed by atoms with van der Waals surface area (Å²) in [5, 5.41) is 7.27. The molecule has 0 radical (unpaired) electrons. The number of esters is 1. The van der Waals surface area contributed by atoms with Crippen molar-refractivity contribution in [3.8, 4) is 0 Å². The average molecular weight is 334 g/mol. The molecule has 1 aromatic carbocycles. The van der Waals surface area contributed by atoms with Gasteiger partial charge in [-0.05, 0) is 56.6 Å². The standard InChI is InChI=1S/C18H26N2O2S/c1-3-22-17(21)14-11-10-13(2)16(12-14)20-18(23)19-15-8-6-4-5-7-9-15/h10-12,15H,3-9H2,1-2H3,(H2,19,20,23). The zero-order valence-corrected chi connectivity index (χ0v) is 14.8. The monoisotopic (exact) mass is 334 g/mol. The Balaban J connectivity index is 1.99. The van der Waals surface area contributed by atoms with E-state index in [4.69, 9.17) is 17.0 Å². The van der Waals surface area contributed by atoms with Gasteiger partial charge in [0.1, 0.15) is 0 Å². The number of carbonyl (C=O) groups is 1. The first-order chi connectivity index (χ1) is 11.1. The molecule has 0 heterocycles. The molecular weight excluding hydrogens is 308 g/mol. The summed E-state index contributed by atoms with van der Waals surface area (Å²) in [5.74, 6) is -0.307. The van der Waals surface area contributed by atoms with Gasteiger partial charge < -0.3 is 15.4 Å². The highest BCUT2D eigenvalue weighted by Crippen LogP contribution is 2.19. The maximum atomic E-state index is 11.9. The summed E-state index contributed by atoms with van der Waals surface area (Å²) in [6, 6.07) is 5.93. The van der Waals surface area contributed by atoms with Gasteiger partial charge >= 0.3 is 5.97 Å². The molecule has 0 aromatic heterocycles. The van der Waals surface area contributed by atoms with Gasteiger partial charge in [-0.1, -0.05) is 31.7 Å². The Kier molecular flexibility index (Phi) is 6.84. The van der Waals surface area contributed by atoms with E-state index in [9.17, 15) is 4.79 Å². The largest absolute Gasteiger partial charge is 0.462 e. The quantitative estimate of drug-likeness (QED) is 0.491. The highest BCUT2D eigenvalue weighted by atomic mass is 32.1. The summed E-state index contributed by atoms with van der Waals surface area (Å²) in [6.07, 6.45) is 7.50. The summed E-state index contributed by atoms with van der Waals surface area (Å²) < 4.78 is 5.05. The molecule has 126 valence electrons. The van der Waals surface area contributed by atoms with E-state index in [0.29, 0.717) is 23.3 Å². The van der Waals surface area contributed by atoms with Gasteiger partial charge in [0.15, 0.2) is 5.11 Å². The maximum absolute atomic E-state index is 11.9. The number of hydrogen-bond acceptors (Lipinski definition) is 3. The van der Waals surface area contributed by atoms with E-state index in [2.05, 4.69) is 10.6 Å². The van der Waals surface area contributed by atoms with Gasteiger partial charge in [-0.15, -0.1) is 0 Å². The molecule has 0 spiro atoms. The Labute approximate surface area is 144 Å². The topological polar surface area (TPSA) is 50.4 Å². The van der Waals surface area contributed by atoms with Crippen molar-refractivity contribution in [2.75, 3.05) is 11.9 Å². The molecule has 1 aliphatic rings. The third-order valence-corrected chi connectivity index (χ3v) is 4.41. The van der Waals surface area contributed by atoms with Gasteiger partial charge in [-0.25, -0.2) is 4.79 Å². The molecule has 0 unspecified atom stereocenters. The van der Waals surface area contributed by atoms with Crippen molar-refractivity contribution in [2.24, 2.45) is 0 Å².